The summed E-state index contributed by atoms with van der Waals surface area (Å²) in [5.41, 5.74) is 0. The second kappa shape index (κ2) is 5.89. The van der Waals surface area contributed by atoms with Gasteiger partial charge in [-0.3, -0.25) is 0 Å². The second-order valence-electron chi connectivity index (χ2n) is 4.12. The molecule has 1 unspecified atom stereocenters. The van der Waals surface area contributed by atoms with Crippen LogP contribution in [0.25, 0.3) is 0 Å². The molecule has 3 nitrogen and oxygen atoms in total. The first-order chi connectivity index (χ1) is 6.75. The van der Waals surface area contributed by atoms with Crippen molar-refractivity contribution in [1.29, 1.82) is 0 Å². The Morgan fingerprint density at radius 2 is 2.21 bits per heavy atom. The van der Waals surface area contributed by atoms with Crippen molar-refractivity contribution < 1.29 is 4.79 Å². The second-order valence-corrected chi connectivity index (χ2v) is 4.12. The van der Waals surface area contributed by atoms with Gasteiger partial charge < -0.3 is 10.2 Å². The summed E-state index contributed by atoms with van der Waals surface area (Å²) in [4.78, 5) is 13.7. The topological polar surface area (TPSA) is 32.3 Å². The van der Waals surface area contributed by atoms with Crippen molar-refractivity contribution in [2.24, 2.45) is 0 Å². The molecule has 0 bridgehead atoms. The minimum absolute atomic E-state index is 0.126. The van der Waals surface area contributed by atoms with Crippen LogP contribution in [0.5, 0.6) is 0 Å². The number of amides is 2. The molecule has 0 aliphatic carbocycles. The lowest BCUT2D eigenvalue weighted by atomic mass is 10.1. The van der Waals surface area contributed by atoms with E-state index in [0.717, 1.165) is 32.4 Å². The van der Waals surface area contributed by atoms with Crippen LogP contribution in [-0.2, 0) is 0 Å². The average Bonchev–Trinajstić information content (AvgIpc) is 2.39. The molecular weight excluding hydrogens is 176 g/mol. The quantitative estimate of drug-likeness (QED) is 0.726. The predicted molar refractivity (Wildman–Crippen MR) is 58.3 cm³/mol. The van der Waals surface area contributed by atoms with Crippen molar-refractivity contribution in [3.8, 4) is 0 Å². The fourth-order valence-corrected chi connectivity index (χ4v) is 1.91. The molecule has 0 saturated carbocycles. The molecule has 0 radical (unpaired) electrons. The van der Waals surface area contributed by atoms with Gasteiger partial charge in [-0.25, -0.2) is 4.79 Å². The highest BCUT2D eigenvalue weighted by Crippen LogP contribution is 2.15. The largest absolute Gasteiger partial charge is 0.338 e. The summed E-state index contributed by atoms with van der Waals surface area (Å²) in [5, 5.41) is 2.95. The highest BCUT2D eigenvalue weighted by atomic mass is 16.2. The Morgan fingerprint density at radius 3 is 2.93 bits per heavy atom. The van der Waals surface area contributed by atoms with Gasteiger partial charge in [0.1, 0.15) is 0 Å². The number of nitrogens with one attached hydrogen (secondary N) is 1. The van der Waals surface area contributed by atoms with Crippen LogP contribution in [0.2, 0.25) is 0 Å². The van der Waals surface area contributed by atoms with E-state index in [9.17, 15) is 4.79 Å². The van der Waals surface area contributed by atoms with Gasteiger partial charge in [-0.15, -0.1) is 0 Å². The van der Waals surface area contributed by atoms with E-state index in [0.29, 0.717) is 6.04 Å². The third-order valence-electron chi connectivity index (χ3n) is 2.84. The van der Waals surface area contributed by atoms with Crippen LogP contribution >= 0.6 is 0 Å². The van der Waals surface area contributed by atoms with Crippen LogP contribution < -0.4 is 5.32 Å². The molecule has 0 aromatic carbocycles. The number of nitrogens with zero attached hydrogens (tertiary/aromatic N) is 1. The van der Waals surface area contributed by atoms with Crippen LogP contribution in [0, 0.1) is 0 Å². The normalized spacial score (nSPS) is 23.0. The molecular formula is C11H22N2O. The van der Waals surface area contributed by atoms with Crippen molar-refractivity contribution in [3.05, 3.63) is 0 Å². The zero-order valence-corrected chi connectivity index (χ0v) is 9.38. The lowest BCUT2D eigenvalue weighted by Gasteiger charge is -2.27. The molecule has 1 rings (SSSR count). The smallest absolute Gasteiger partial charge is 0.317 e. The van der Waals surface area contributed by atoms with Crippen LogP contribution in [0.3, 0.4) is 0 Å². The summed E-state index contributed by atoms with van der Waals surface area (Å²) in [6.45, 7) is 5.95. The van der Waals surface area contributed by atoms with Gasteiger partial charge in [-0.05, 0) is 26.2 Å². The third kappa shape index (κ3) is 3.20. The number of carbonyl (C=O) groups excluding carboxylic acids is 1. The summed E-state index contributed by atoms with van der Waals surface area (Å²) in [6, 6.07) is 0.538. The maximum Gasteiger partial charge on any atom is 0.317 e. The number of urea groups is 1. The van der Waals surface area contributed by atoms with Crippen molar-refractivity contribution in [1.82, 2.24) is 10.2 Å². The van der Waals surface area contributed by atoms with Crippen molar-refractivity contribution in [2.45, 2.75) is 52.0 Å². The summed E-state index contributed by atoms with van der Waals surface area (Å²) in [6.07, 6.45) is 5.85. The summed E-state index contributed by atoms with van der Waals surface area (Å²) >= 11 is 0. The first-order valence-corrected chi connectivity index (χ1v) is 5.80. The Labute approximate surface area is 86.9 Å². The maximum absolute atomic E-state index is 11.7. The molecule has 82 valence electrons. The fraction of sp³-hybridized carbons (Fsp3) is 0.909. The molecule has 2 amide bonds. The van der Waals surface area contributed by atoms with Gasteiger partial charge in [-0.2, -0.15) is 0 Å². The molecule has 0 aromatic heterocycles. The SMILES string of the molecule is CCCNC(=O)N1CCCCCC1C. The molecule has 1 atom stereocenters. The molecule has 14 heavy (non-hydrogen) atoms. The Balaban J connectivity index is 2.41. The molecule has 0 aromatic rings. The third-order valence-corrected chi connectivity index (χ3v) is 2.84. The number of hydrogen-bond acceptors (Lipinski definition) is 1. The number of rotatable bonds is 2. The summed E-state index contributed by atoms with van der Waals surface area (Å²) in [7, 11) is 0. The maximum atomic E-state index is 11.7. The van der Waals surface area contributed by atoms with Gasteiger partial charge in [0, 0.05) is 19.1 Å². The van der Waals surface area contributed by atoms with E-state index < -0.39 is 0 Å². The van der Waals surface area contributed by atoms with Crippen molar-refractivity contribution in [2.75, 3.05) is 13.1 Å². The number of likely N-dealkylation sites (tertiary alicyclic amines) is 1. The zero-order chi connectivity index (χ0) is 10.4. The van der Waals surface area contributed by atoms with Crippen LogP contribution in [0.15, 0.2) is 0 Å². The summed E-state index contributed by atoms with van der Waals surface area (Å²) < 4.78 is 0. The van der Waals surface area contributed by atoms with Crippen molar-refractivity contribution in [3.63, 3.8) is 0 Å². The van der Waals surface area contributed by atoms with Gasteiger partial charge in [0.25, 0.3) is 0 Å². The first kappa shape index (κ1) is 11.3. The molecule has 1 saturated heterocycles. The van der Waals surface area contributed by atoms with Crippen molar-refractivity contribution >= 4 is 6.03 Å². The molecule has 0 spiro atoms. The minimum atomic E-state index is 0.126. The monoisotopic (exact) mass is 198 g/mol. The first-order valence-electron chi connectivity index (χ1n) is 5.80. The van der Waals surface area contributed by atoms with Gasteiger partial charge in [0.2, 0.25) is 0 Å². The zero-order valence-electron chi connectivity index (χ0n) is 9.38. The van der Waals surface area contributed by atoms with Crippen LogP contribution in [-0.4, -0.2) is 30.1 Å². The molecule has 1 fully saturated rings. The van der Waals surface area contributed by atoms with Crippen LogP contribution in [0.4, 0.5) is 4.79 Å². The minimum Gasteiger partial charge on any atom is -0.338 e. The highest BCUT2D eigenvalue weighted by Gasteiger charge is 2.20. The molecule has 1 aliphatic rings. The number of hydrogen-bond donors (Lipinski definition) is 1. The molecule has 1 aliphatic heterocycles. The predicted octanol–water partition coefficient (Wildman–Crippen LogP) is 2.37. The molecule has 3 heteroatoms. The number of carbonyl (C=O) groups is 1. The Morgan fingerprint density at radius 1 is 1.43 bits per heavy atom. The Hall–Kier alpha value is -0.730. The lowest BCUT2D eigenvalue weighted by Crippen LogP contribution is -2.44. The van der Waals surface area contributed by atoms with Gasteiger partial charge in [-0.1, -0.05) is 19.8 Å². The fourth-order valence-electron chi connectivity index (χ4n) is 1.91. The van der Waals surface area contributed by atoms with Crippen LogP contribution in [0.1, 0.15) is 46.0 Å². The van der Waals surface area contributed by atoms with Gasteiger partial charge in [0.05, 0.1) is 0 Å². The lowest BCUT2D eigenvalue weighted by molar-refractivity contribution is 0.180. The van der Waals surface area contributed by atoms with E-state index in [2.05, 4.69) is 19.2 Å². The van der Waals surface area contributed by atoms with Gasteiger partial charge >= 0.3 is 6.03 Å². The van der Waals surface area contributed by atoms with E-state index >= 15 is 0 Å². The van der Waals surface area contributed by atoms with E-state index in [4.69, 9.17) is 0 Å². The van der Waals surface area contributed by atoms with Gasteiger partial charge in [0.15, 0.2) is 0 Å². The van der Waals surface area contributed by atoms with E-state index in [1.165, 1.54) is 12.8 Å². The standard InChI is InChI=1S/C11H22N2O/c1-3-8-12-11(14)13-9-6-4-5-7-10(13)2/h10H,3-9H2,1-2H3,(H,12,14). The van der Waals surface area contributed by atoms with E-state index in [1.807, 2.05) is 4.90 Å². The Kier molecular flexibility index (Phi) is 4.77. The molecule has 1 N–H and O–H groups in total. The highest BCUT2D eigenvalue weighted by molar-refractivity contribution is 5.74. The summed E-state index contributed by atoms with van der Waals surface area (Å²) in [5.74, 6) is 0. The molecule has 1 heterocycles. The van der Waals surface area contributed by atoms with E-state index in [-0.39, 0.29) is 6.03 Å². The Bertz CT molecular complexity index is 182. The average molecular weight is 198 g/mol. The van der Waals surface area contributed by atoms with E-state index in [1.54, 1.807) is 0 Å².